The van der Waals surface area contributed by atoms with Crippen LogP contribution in [0.3, 0.4) is 0 Å². The number of carbonyl (C=O) groups is 2. The minimum atomic E-state index is -0.594. The van der Waals surface area contributed by atoms with E-state index < -0.39 is 6.03 Å². The third kappa shape index (κ3) is 3.96. The van der Waals surface area contributed by atoms with Gasteiger partial charge < -0.3 is 16.0 Å². The van der Waals surface area contributed by atoms with Crippen molar-refractivity contribution in [2.75, 3.05) is 13.1 Å². The van der Waals surface area contributed by atoms with Gasteiger partial charge in [-0.2, -0.15) is 0 Å². The standard InChI is InChI=1S/C14H21N3O2S/c1-10-4-6-17(7-5-10)13(18)9-11(16-14(15)19)12-3-2-8-20-12/h2-3,8,10-11H,4-7,9H2,1H3,(H3,15,16,19). The van der Waals surface area contributed by atoms with Gasteiger partial charge in [0.15, 0.2) is 0 Å². The van der Waals surface area contributed by atoms with Gasteiger partial charge in [0.05, 0.1) is 12.5 Å². The number of likely N-dealkylation sites (tertiary alicyclic amines) is 1. The van der Waals surface area contributed by atoms with Crippen LogP contribution in [0.4, 0.5) is 4.79 Å². The van der Waals surface area contributed by atoms with E-state index in [1.54, 1.807) is 0 Å². The Kier molecular flexibility index (Phi) is 5.00. The summed E-state index contributed by atoms with van der Waals surface area (Å²) in [6.45, 7) is 3.84. The zero-order valence-electron chi connectivity index (χ0n) is 11.7. The summed E-state index contributed by atoms with van der Waals surface area (Å²) in [6, 6.07) is 2.90. The molecule has 3 amide bonds. The molecule has 3 N–H and O–H groups in total. The molecule has 0 radical (unpaired) electrons. The van der Waals surface area contributed by atoms with E-state index in [4.69, 9.17) is 5.73 Å². The van der Waals surface area contributed by atoms with Crippen LogP contribution in [0.15, 0.2) is 17.5 Å². The van der Waals surface area contributed by atoms with E-state index in [0.29, 0.717) is 5.92 Å². The van der Waals surface area contributed by atoms with Crippen molar-refractivity contribution in [2.45, 2.75) is 32.2 Å². The number of piperidine rings is 1. The van der Waals surface area contributed by atoms with Crippen LogP contribution in [-0.4, -0.2) is 29.9 Å². The van der Waals surface area contributed by atoms with Crippen LogP contribution in [0, 0.1) is 5.92 Å². The highest BCUT2D eigenvalue weighted by Crippen LogP contribution is 2.24. The van der Waals surface area contributed by atoms with Gasteiger partial charge in [0.2, 0.25) is 5.91 Å². The summed E-state index contributed by atoms with van der Waals surface area (Å²) >= 11 is 1.52. The molecule has 1 atom stereocenters. The minimum absolute atomic E-state index is 0.0871. The molecule has 1 unspecified atom stereocenters. The molecular weight excluding hydrogens is 274 g/mol. The molecule has 0 aromatic carbocycles. The fourth-order valence-corrected chi connectivity index (χ4v) is 3.22. The maximum Gasteiger partial charge on any atom is 0.312 e. The molecule has 0 bridgehead atoms. The lowest BCUT2D eigenvalue weighted by Crippen LogP contribution is -2.41. The lowest BCUT2D eigenvalue weighted by molar-refractivity contribution is -0.133. The highest BCUT2D eigenvalue weighted by Gasteiger charge is 2.24. The number of hydrogen-bond acceptors (Lipinski definition) is 3. The Balaban J connectivity index is 1.97. The predicted octanol–water partition coefficient (Wildman–Crippen LogP) is 2.11. The van der Waals surface area contributed by atoms with Crippen LogP contribution in [0.25, 0.3) is 0 Å². The topological polar surface area (TPSA) is 75.4 Å². The maximum atomic E-state index is 12.3. The van der Waals surface area contributed by atoms with Crippen molar-refractivity contribution in [3.63, 3.8) is 0 Å². The fraction of sp³-hybridized carbons (Fsp3) is 0.571. The lowest BCUT2D eigenvalue weighted by atomic mass is 9.98. The smallest absolute Gasteiger partial charge is 0.312 e. The van der Waals surface area contributed by atoms with Gasteiger partial charge in [-0.05, 0) is 30.2 Å². The molecule has 0 spiro atoms. The summed E-state index contributed by atoms with van der Waals surface area (Å²) < 4.78 is 0. The third-order valence-electron chi connectivity index (χ3n) is 3.72. The van der Waals surface area contributed by atoms with Gasteiger partial charge in [-0.1, -0.05) is 13.0 Å². The first-order valence-electron chi connectivity index (χ1n) is 6.93. The van der Waals surface area contributed by atoms with Crippen molar-refractivity contribution in [1.82, 2.24) is 10.2 Å². The van der Waals surface area contributed by atoms with E-state index in [0.717, 1.165) is 30.8 Å². The molecule has 2 heterocycles. The molecule has 1 aromatic heterocycles. The summed E-state index contributed by atoms with van der Waals surface area (Å²) in [5, 5.41) is 4.59. The first-order valence-corrected chi connectivity index (χ1v) is 7.81. The van der Waals surface area contributed by atoms with Gasteiger partial charge in [-0.15, -0.1) is 11.3 Å². The quantitative estimate of drug-likeness (QED) is 0.892. The van der Waals surface area contributed by atoms with Gasteiger partial charge in [-0.3, -0.25) is 4.79 Å². The number of nitrogens with two attached hydrogens (primary N) is 1. The summed E-state index contributed by atoms with van der Waals surface area (Å²) in [7, 11) is 0. The van der Waals surface area contributed by atoms with Crippen molar-refractivity contribution < 1.29 is 9.59 Å². The van der Waals surface area contributed by atoms with Crippen LogP contribution in [-0.2, 0) is 4.79 Å². The normalized spacial score (nSPS) is 17.8. The van der Waals surface area contributed by atoms with Crippen molar-refractivity contribution in [1.29, 1.82) is 0 Å². The number of hydrogen-bond donors (Lipinski definition) is 2. The number of carbonyl (C=O) groups excluding carboxylic acids is 2. The number of nitrogens with zero attached hydrogens (tertiary/aromatic N) is 1. The number of primary amides is 1. The molecule has 20 heavy (non-hydrogen) atoms. The minimum Gasteiger partial charge on any atom is -0.352 e. The predicted molar refractivity (Wildman–Crippen MR) is 79.4 cm³/mol. The average molecular weight is 295 g/mol. The second-order valence-corrected chi connectivity index (χ2v) is 6.32. The zero-order chi connectivity index (χ0) is 14.5. The molecular formula is C14H21N3O2S. The van der Waals surface area contributed by atoms with E-state index >= 15 is 0 Å². The summed E-state index contributed by atoms with van der Waals surface area (Å²) in [5.74, 6) is 0.778. The maximum absolute atomic E-state index is 12.3. The van der Waals surface area contributed by atoms with Crippen molar-refractivity contribution in [3.8, 4) is 0 Å². The van der Waals surface area contributed by atoms with Gasteiger partial charge in [0.25, 0.3) is 0 Å². The van der Waals surface area contributed by atoms with E-state index in [1.165, 1.54) is 11.3 Å². The molecule has 0 saturated carbocycles. The number of thiophene rings is 1. The van der Waals surface area contributed by atoms with Gasteiger partial charge in [0.1, 0.15) is 0 Å². The van der Waals surface area contributed by atoms with Crippen molar-refractivity contribution in [2.24, 2.45) is 11.7 Å². The Hall–Kier alpha value is -1.56. The van der Waals surface area contributed by atoms with Crippen molar-refractivity contribution in [3.05, 3.63) is 22.4 Å². The SMILES string of the molecule is CC1CCN(C(=O)CC(NC(N)=O)c2cccs2)CC1. The lowest BCUT2D eigenvalue weighted by Gasteiger charge is -2.31. The Labute approximate surface area is 123 Å². The number of nitrogens with one attached hydrogen (secondary N) is 1. The number of amides is 3. The molecule has 5 nitrogen and oxygen atoms in total. The highest BCUT2D eigenvalue weighted by atomic mass is 32.1. The van der Waals surface area contributed by atoms with Crippen LogP contribution in [0.1, 0.15) is 37.1 Å². The second-order valence-electron chi connectivity index (χ2n) is 5.34. The van der Waals surface area contributed by atoms with E-state index in [2.05, 4.69) is 12.2 Å². The van der Waals surface area contributed by atoms with Crippen LogP contribution in [0.2, 0.25) is 0 Å². The van der Waals surface area contributed by atoms with Crippen LogP contribution in [0.5, 0.6) is 0 Å². The molecule has 1 aliphatic heterocycles. The Morgan fingerprint density at radius 3 is 2.75 bits per heavy atom. The van der Waals surface area contributed by atoms with E-state index in [9.17, 15) is 9.59 Å². The highest BCUT2D eigenvalue weighted by molar-refractivity contribution is 7.10. The molecule has 110 valence electrons. The average Bonchev–Trinajstić information content (AvgIpc) is 2.92. The first-order chi connectivity index (χ1) is 9.56. The third-order valence-corrected chi connectivity index (χ3v) is 4.70. The molecule has 0 aliphatic carbocycles. The monoisotopic (exact) mass is 295 g/mol. The Bertz CT molecular complexity index is 453. The number of rotatable bonds is 4. The molecule has 6 heteroatoms. The largest absolute Gasteiger partial charge is 0.352 e. The number of urea groups is 1. The molecule has 1 saturated heterocycles. The summed E-state index contributed by atoms with van der Waals surface area (Å²) in [4.78, 5) is 26.3. The van der Waals surface area contributed by atoms with E-state index in [1.807, 2.05) is 22.4 Å². The molecule has 2 rings (SSSR count). The first kappa shape index (κ1) is 14.8. The van der Waals surface area contributed by atoms with Gasteiger partial charge in [-0.25, -0.2) is 4.79 Å². The van der Waals surface area contributed by atoms with Crippen LogP contribution >= 0.6 is 11.3 Å². The fourth-order valence-electron chi connectivity index (χ4n) is 2.45. The summed E-state index contributed by atoms with van der Waals surface area (Å²) in [5.41, 5.74) is 5.20. The van der Waals surface area contributed by atoms with Gasteiger partial charge >= 0.3 is 6.03 Å². The molecule has 1 aromatic rings. The zero-order valence-corrected chi connectivity index (χ0v) is 12.5. The van der Waals surface area contributed by atoms with Crippen LogP contribution < -0.4 is 11.1 Å². The van der Waals surface area contributed by atoms with E-state index in [-0.39, 0.29) is 18.4 Å². The Morgan fingerprint density at radius 1 is 1.50 bits per heavy atom. The second kappa shape index (κ2) is 6.74. The Morgan fingerprint density at radius 2 is 2.20 bits per heavy atom. The molecule has 1 aliphatic rings. The van der Waals surface area contributed by atoms with Gasteiger partial charge in [0, 0.05) is 18.0 Å². The van der Waals surface area contributed by atoms with Crippen molar-refractivity contribution >= 4 is 23.3 Å². The summed E-state index contributed by atoms with van der Waals surface area (Å²) in [6.07, 6.45) is 2.38. The molecule has 1 fully saturated rings.